The van der Waals surface area contributed by atoms with Gasteiger partial charge in [0, 0.05) is 26.4 Å². The van der Waals surface area contributed by atoms with E-state index in [1.54, 1.807) is 7.05 Å². The van der Waals surface area contributed by atoms with Gasteiger partial charge in [-0.3, -0.25) is 9.59 Å². The molecule has 5 nitrogen and oxygen atoms in total. The summed E-state index contributed by atoms with van der Waals surface area (Å²) >= 11 is 0. The highest BCUT2D eigenvalue weighted by molar-refractivity contribution is 6.44. The third kappa shape index (κ3) is 2.44. The van der Waals surface area contributed by atoms with Crippen LogP contribution in [0.4, 0.5) is 5.69 Å². The van der Waals surface area contributed by atoms with Crippen LogP contribution in [-0.4, -0.2) is 36.1 Å². The summed E-state index contributed by atoms with van der Waals surface area (Å²) in [4.78, 5) is 26.1. The molecule has 0 saturated carbocycles. The summed E-state index contributed by atoms with van der Waals surface area (Å²) in [7, 11) is 1.60. The molecule has 0 fully saturated rings. The molecule has 0 saturated heterocycles. The van der Waals surface area contributed by atoms with Crippen LogP contribution in [0.2, 0.25) is 0 Å². The van der Waals surface area contributed by atoms with E-state index in [-0.39, 0.29) is 11.8 Å². The van der Waals surface area contributed by atoms with E-state index in [4.69, 9.17) is 0 Å². The predicted molar refractivity (Wildman–Crippen MR) is 81.3 cm³/mol. The number of anilines is 1. The van der Waals surface area contributed by atoms with Gasteiger partial charge in [0.15, 0.2) is 0 Å². The van der Waals surface area contributed by atoms with E-state index >= 15 is 0 Å². The second kappa shape index (κ2) is 5.31. The lowest BCUT2D eigenvalue weighted by Gasteiger charge is -2.32. The van der Waals surface area contributed by atoms with Crippen molar-refractivity contribution in [3.63, 3.8) is 0 Å². The molecule has 0 unspecified atom stereocenters. The number of nitrogens with zero attached hydrogens (tertiary/aromatic N) is 3. The Labute approximate surface area is 124 Å². The third-order valence-electron chi connectivity index (χ3n) is 4.12. The first kappa shape index (κ1) is 13.8. The van der Waals surface area contributed by atoms with Crippen LogP contribution < -0.4 is 4.90 Å². The normalized spacial score (nSPS) is 18.4. The number of carbonyl (C=O) groups is 2. The summed E-state index contributed by atoms with van der Waals surface area (Å²) in [5.41, 5.74) is 3.83. The first-order chi connectivity index (χ1) is 10.1. The van der Waals surface area contributed by atoms with Crippen molar-refractivity contribution in [1.29, 1.82) is 0 Å². The molecule has 21 heavy (non-hydrogen) atoms. The number of benzene rings is 1. The highest BCUT2D eigenvalue weighted by Gasteiger charge is 2.30. The van der Waals surface area contributed by atoms with Crippen LogP contribution in [-0.2, 0) is 16.0 Å². The van der Waals surface area contributed by atoms with Crippen LogP contribution in [0.5, 0.6) is 0 Å². The molecule has 2 aliphatic rings. The molecule has 2 amide bonds. The molecule has 110 valence electrons. The summed E-state index contributed by atoms with van der Waals surface area (Å²) in [6.45, 7) is 2.75. The Hall–Kier alpha value is -2.17. The number of amides is 2. The zero-order chi connectivity index (χ0) is 15.0. The van der Waals surface area contributed by atoms with Crippen LogP contribution in [0, 0.1) is 6.92 Å². The van der Waals surface area contributed by atoms with E-state index in [0.717, 1.165) is 24.1 Å². The van der Waals surface area contributed by atoms with Crippen LogP contribution in [0.15, 0.2) is 23.3 Å². The molecule has 0 aromatic heterocycles. The van der Waals surface area contributed by atoms with Gasteiger partial charge in [0.2, 0.25) is 5.91 Å². The number of carbonyl (C=O) groups excluding carboxylic acids is 2. The number of para-hydroxylation sites is 1. The minimum atomic E-state index is -0.0652. The molecular weight excluding hydrogens is 266 g/mol. The van der Waals surface area contributed by atoms with Gasteiger partial charge in [0.05, 0.1) is 5.69 Å². The Bertz CT molecular complexity index is 636. The molecule has 0 spiro atoms. The van der Waals surface area contributed by atoms with E-state index in [9.17, 15) is 9.59 Å². The second-order valence-corrected chi connectivity index (χ2v) is 5.61. The van der Waals surface area contributed by atoms with Gasteiger partial charge in [-0.15, -0.1) is 0 Å². The predicted octanol–water partition coefficient (Wildman–Crippen LogP) is 1.88. The van der Waals surface area contributed by atoms with Crippen molar-refractivity contribution in [2.24, 2.45) is 5.10 Å². The molecule has 2 heterocycles. The van der Waals surface area contributed by atoms with E-state index < -0.39 is 0 Å². The Morgan fingerprint density at radius 1 is 1.24 bits per heavy atom. The molecule has 1 aromatic rings. The molecule has 0 atom stereocenters. The standard InChI is InChI=1S/C16H19N3O2/c1-11-5-3-6-12-7-4-10-19(15(11)12)16(21)13-8-9-14(20)18(2)17-13/h3,5-6H,4,7-10H2,1-2H3. The Balaban J connectivity index is 1.94. The van der Waals surface area contributed by atoms with Crippen molar-refractivity contribution < 1.29 is 9.59 Å². The van der Waals surface area contributed by atoms with E-state index in [2.05, 4.69) is 11.2 Å². The lowest BCUT2D eigenvalue weighted by Crippen LogP contribution is -2.43. The first-order valence-electron chi connectivity index (χ1n) is 7.32. The lowest BCUT2D eigenvalue weighted by atomic mass is 9.97. The summed E-state index contributed by atoms with van der Waals surface area (Å²) in [5, 5.41) is 5.43. The maximum absolute atomic E-state index is 12.8. The zero-order valence-electron chi connectivity index (χ0n) is 12.4. The van der Waals surface area contributed by atoms with Crippen molar-refractivity contribution in [2.45, 2.75) is 32.6 Å². The van der Waals surface area contributed by atoms with Crippen LogP contribution in [0.3, 0.4) is 0 Å². The van der Waals surface area contributed by atoms with Gasteiger partial charge < -0.3 is 4.90 Å². The summed E-state index contributed by atoms with van der Waals surface area (Å²) in [6, 6.07) is 6.15. The summed E-state index contributed by atoms with van der Waals surface area (Å²) < 4.78 is 0. The number of hydrazone groups is 1. The molecule has 2 aliphatic heterocycles. The molecule has 5 heteroatoms. The molecule has 3 rings (SSSR count). The Morgan fingerprint density at radius 3 is 2.81 bits per heavy atom. The smallest absolute Gasteiger partial charge is 0.274 e. The average Bonchev–Trinajstić information content (AvgIpc) is 2.49. The zero-order valence-corrected chi connectivity index (χ0v) is 12.4. The maximum atomic E-state index is 12.8. The molecule has 0 radical (unpaired) electrons. The molecule has 0 aliphatic carbocycles. The topological polar surface area (TPSA) is 53.0 Å². The lowest BCUT2D eigenvalue weighted by molar-refractivity contribution is -0.130. The Kier molecular flexibility index (Phi) is 3.49. The number of aryl methyl sites for hydroxylation is 2. The Morgan fingerprint density at radius 2 is 2.05 bits per heavy atom. The fourth-order valence-corrected chi connectivity index (χ4v) is 3.03. The third-order valence-corrected chi connectivity index (χ3v) is 4.12. The monoisotopic (exact) mass is 285 g/mol. The van der Waals surface area contributed by atoms with E-state index in [1.165, 1.54) is 10.6 Å². The van der Waals surface area contributed by atoms with Gasteiger partial charge in [-0.05, 0) is 30.9 Å². The largest absolute Gasteiger partial charge is 0.307 e. The fourth-order valence-electron chi connectivity index (χ4n) is 3.03. The fraction of sp³-hybridized carbons (Fsp3) is 0.438. The van der Waals surface area contributed by atoms with Crippen molar-refractivity contribution in [2.75, 3.05) is 18.5 Å². The second-order valence-electron chi connectivity index (χ2n) is 5.61. The summed E-state index contributed by atoms with van der Waals surface area (Å²) in [5.74, 6) is -0.105. The highest BCUT2D eigenvalue weighted by Crippen LogP contribution is 2.31. The molecule has 1 aromatic carbocycles. The SMILES string of the molecule is Cc1cccc2c1N(C(=O)C1=NN(C)C(=O)CC1)CCC2. The van der Waals surface area contributed by atoms with E-state index in [1.807, 2.05) is 24.0 Å². The number of hydrogen-bond acceptors (Lipinski definition) is 3. The molecule has 0 bridgehead atoms. The van der Waals surface area contributed by atoms with Crippen molar-refractivity contribution in [3.05, 3.63) is 29.3 Å². The van der Waals surface area contributed by atoms with Gasteiger partial charge in [-0.2, -0.15) is 5.10 Å². The summed E-state index contributed by atoms with van der Waals surface area (Å²) in [6.07, 6.45) is 2.76. The van der Waals surface area contributed by atoms with Crippen molar-refractivity contribution in [3.8, 4) is 0 Å². The van der Waals surface area contributed by atoms with E-state index in [0.29, 0.717) is 25.1 Å². The minimum Gasteiger partial charge on any atom is -0.307 e. The molecule has 0 N–H and O–H groups in total. The average molecular weight is 285 g/mol. The quantitative estimate of drug-likeness (QED) is 0.791. The molecular formula is C16H19N3O2. The van der Waals surface area contributed by atoms with Crippen LogP contribution in [0.1, 0.15) is 30.4 Å². The first-order valence-corrected chi connectivity index (χ1v) is 7.32. The van der Waals surface area contributed by atoms with Gasteiger partial charge in [-0.25, -0.2) is 5.01 Å². The van der Waals surface area contributed by atoms with Gasteiger partial charge in [-0.1, -0.05) is 18.2 Å². The minimum absolute atomic E-state index is 0.0400. The van der Waals surface area contributed by atoms with Gasteiger partial charge >= 0.3 is 0 Å². The van der Waals surface area contributed by atoms with Crippen molar-refractivity contribution in [1.82, 2.24) is 5.01 Å². The highest BCUT2D eigenvalue weighted by atomic mass is 16.2. The number of hydrogen-bond donors (Lipinski definition) is 0. The maximum Gasteiger partial charge on any atom is 0.274 e. The number of fused-ring (bicyclic) bond motifs is 1. The van der Waals surface area contributed by atoms with Gasteiger partial charge in [0.25, 0.3) is 5.91 Å². The van der Waals surface area contributed by atoms with Crippen molar-refractivity contribution >= 4 is 23.2 Å². The van der Waals surface area contributed by atoms with Gasteiger partial charge in [0.1, 0.15) is 5.71 Å². The number of rotatable bonds is 1. The van der Waals surface area contributed by atoms with Crippen LogP contribution in [0.25, 0.3) is 0 Å². The van der Waals surface area contributed by atoms with Crippen LogP contribution >= 0.6 is 0 Å².